The van der Waals surface area contributed by atoms with Crippen molar-refractivity contribution in [2.24, 2.45) is 5.92 Å². The van der Waals surface area contributed by atoms with Crippen molar-refractivity contribution in [3.63, 3.8) is 0 Å². The molecule has 2 aromatic heterocycles. The van der Waals surface area contributed by atoms with Gasteiger partial charge in [-0.2, -0.15) is 0 Å². The molecule has 2 unspecified atom stereocenters. The van der Waals surface area contributed by atoms with E-state index in [-0.39, 0.29) is 23.0 Å². The molecule has 2 atom stereocenters. The SMILES string of the molecule is C#CCC(c1ccc(NC(C)=O)cc1)(c1nc2[nH]c(=O)[nH]c(=O)c2[nH]1)C(C)CC. The summed E-state index contributed by atoms with van der Waals surface area (Å²) in [5, 5.41) is 2.75. The van der Waals surface area contributed by atoms with Gasteiger partial charge in [0, 0.05) is 19.0 Å². The van der Waals surface area contributed by atoms with E-state index in [2.05, 4.69) is 45.0 Å². The molecule has 0 aliphatic rings. The molecule has 150 valence electrons. The fraction of sp³-hybridized carbons (Fsp3) is 0.333. The second-order valence-corrected chi connectivity index (χ2v) is 7.14. The topological polar surface area (TPSA) is 123 Å². The zero-order valence-electron chi connectivity index (χ0n) is 16.6. The quantitative estimate of drug-likeness (QED) is 0.480. The fourth-order valence-electron chi connectivity index (χ4n) is 3.72. The van der Waals surface area contributed by atoms with Crippen molar-refractivity contribution in [1.29, 1.82) is 0 Å². The highest BCUT2D eigenvalue weighted by Crippen LogP contribution is 2.43. The van der Waals surface area contributed by atoms with Gasteiger partial charge in [0.05, 0.1) is 5.41 Å². The summed E-state index contributed by atoms with van der Waals surface area (Å²) in [6.45, 7) is 5.57. The molecule has 2 heterocycles. The van der Waals surface area contributed by atoms with E-state index in [1.165, 1.54) is 6.92 Å². The van der Waals surface area contributed by atoms with Crippen LogP contribution < -0.4 is 16.6 Å². The molecule has 29 heavy (non-hydrogen) atoms. The second kappa shape index (κ2) is 7.80. The minimum atomic E-state index is -0.708. The van der Waals surface area contributed by atoms with Crippen LogP contribution in [-0.4, -0.2) is 25.8 Å². The number of imidazole rings is 1. The molecular weight excluding hydrogens is 370 g/mol. The van der Waals surface area contributed by atoms with Gasteiger partial charge in [-0.1, -0.05) is 32.4 Å². The van der Waals surface area contributed by atoms with E-state index in [1.54, 1.807) is 0 Å². The van der Waals surface area contributed by atoms with Crippen LogP contribution in [0, 0.1) is 18.3 Å². The van der Waals surface area contributed by atoms with Crippen LogP contribution in [0.3, 0.4) is 0 Å². The van der Waals surface area contributed by atoms with Gasteiger partial charge in [-0.15, -0.1) is 12.3 Å². The Hall–Kier alpha value is -3.60. The van der Waals surface area contributed by atoms with Gasteiger partial charge in [0.1, 0.15) is 11.3 Å². The van der Waals surface area contributed by atoms with Crippen molar-refractivity contribution in [2.45, 2.75) is 39.0 Å². The van der Waals surface area contributed by atoms with Gasteiger partial charge in [0.25, 0.3) is 5.56 Å². The number of terminal acetylenes is 1. The standard InChI is InChI=1S/C21H23N5O3/c1-5-11-21(12(3)6-2,14-7-9-15(10-8-14)22-13(4)27)19-23-16-17(24-19)25-20(29)26-18(16)28/h1,7-10,12H,6,11H2,2-4H3,(H,22,27)(H3,23,24,25,26,28,29). The number of hydrogen-bond donors (Lipinski definition) is 4. The summed E-state index contributed by atoms with van der Waals surface area (Å²) in [6, 6.07) is 7.41. The Morgan fingerprint density at radius 1 is 1.24 bits per heavy atom. The monoisotopic (exact) mass is 393 g/mol. The van der Waals surface area contributed by atoms with Crippen LogP contribution in [0.15, 0.2) is 33.9 Å². The minimum absolute atomic E-state index is 0.0662. The molecule has 0 aliphatic heterocycles. The number of nitrogens with one attached hydrogen (secondary N) is 4. The number of amides is 1. The van der Waals surface area contributed by atoms with Gasteiger partial charge in [-0.05, 0) is 23.6 Å². The zero-order chi connectivity index (χ0) is 21.2. The second-order valence-electron chi connectivity index (χ2n) is 7.14. The van der Waals surface area contributed by atoms with Crippen molar-refractivity contribution in [2.75, 3.05) is 5.32 Å². The third kappa shape index (κ3) is 3.59. The summed E-state index contributed by atoms with van der Waals surface area (Å²) in [7, 11) is 0. The van der Waals surface area contributed by atoms with Crippen molar-refractivity contribution in [1.82, 2.24) is 19.9 Å². The number of benzene rings is 1. The van der Waals surface area contributed by atoms with Gasteiger partial charge in [0.2, 0.25) is 5.91 Å². The number of nitrogens with zero attached hydrogens (tertiary/aromatic N) is 1. The van der Waals surface area contributed by atoms with Crippen LogP contribution in [0.2, 0.25) is 0 Å². The van der Waals surface area contributed by atoms with Crippen molar-refractivity contribution >= 4 is 22.8 Å². The predicted octanol–water partition coefficient (Wildman–Crippen LogP) is 2.25. The Labute approximate surface area is 167 Å². The Morgan fingerprint density at radius 2 is 1.93 bits per heavy atom. The van der Waals surface area contributed by atoms with E-state index >= 15 is 0 Å². The molecule has 0 radical (unpaired) electrons. The van der Waals surface area contributed by atoms with Gasteiger partial charge < -0.3 is 10.3 Å². The van der Waals surface area contributed by atoms with Gasteiger partial charge >= 0.3 is 5.69 Å². The molecule has 0 bridgehead atoms. The molecule has 0 saturated carbocycles. The highest BCUT2D eigenvalue weighted by molar-refractivity contribution is 5.88. The number of hydrogen-bond acceptors (Lipinski definition) is 4. The molecular formula is C21H23N5O3. The van der Waals surface area contributed by atoms with Crippen LogP contribution in [0.1, 0.15) is 45.0 Å². The number of H-pyrrole nitrogens is 3. The van der Waals surface area contributed by atoms with Gasteiger partial charge in [0.15, 0.2) is 5.65 Å². The van der Waals surface area contributed by atoms with Crippen LogP contribution in [0.4, 0.5) is 5.69 Å². The largest absolute Gasteiger partial charge is 0.335 e. The Morgan fingerprint density at radius 3 is 2.52 bits per heavy atom. The average Bonchev–Trinajstić information content (AvgIpc) is 3.10. The molecule has 0 fully saturated rings. The van der Waals surface area contributed by atoms with E-state index in [0.717, 1.165) is 12.0 Å². The highest BCUT2D eigenvalue weighted by Gasteiger charge is 2.41. The van der Waals surface area contributed by atoms with Crippen molar-refractivity contribution in [3.05, 3.63) is 56.5 Å². The maximum Gasteiger partial charge on any atom is 0.327 e. The summed E-state index contributed by atoms with van der Waals surface area (Å²) >= 11 is 0. The molecule has 8 heteroatoms. The summed E-state index contributed by atoms with van der Waals surface area (Å²) in [5.74, 6) is 3.17. The van der Waals surface area contributed by atoms with E-state index < -0.39 is 16.7 Å². The normalized spacial score (nSPS) is 14.1. The maximum atomic E-state index is 12.2. The number of rotatable bonds is 6. The van der Waals surface area contributed by atoms with E-state index in [0.29, 0.717) is 17.9 Å². The summed E-state index contributed by atoms with van der Waals surface area (Å²) in [5.41, 5.74) is 0.0869. The van der Waals surface area contributed by atoms with E-state index in [1.807, 2.05) is 24.3 Å². The third-order valence-corrected chi connectivity index (χ3v) is 5.37. The first-order valence-corrected chi connectivity index (χ1v) is 9.36. The fourth-order valence-corrected chi connectivity index (χ4v) is 3.72. The lowest BCUT2D eigenvalue weighted by Gasteiger charge is -2.36. The Bertz CT molecular complexity index is 1200. The predicted molar refractivity (Wildman–Crippen MR) is 112 cm³/mol. The van der Waals surface area contributed by atoms with Crippen LogP contribution in [-0.2, 0) is 10.2 Å². The van der Waals surface area contributed by atoms with Crippen molar-refractivity contribution < 1.29 is 4.79 Å². The smallest absolute Gasteiger partial charge is 0.327 e. The Balaban J connectivity index is 2.25. The minimum Gasteiger partial charge on any atom is -0.335 e. The van der Waals surface area contributed by atoms with Crippen LogP contribution >= 0.6 is 0 Å². The zero-order valence-corrected chi connectivity index (χ0v) is 16.6. The van der Waals surface area contributed by atoms with Crippen molar-refractivity contribution in [3.8, 4) is 12.3 Å². The average molecular weight is 393 g/mol. The molecule has 1 aromatic carbocycles. The summed E-state index contributed by atoms with van der Waals surface area (Å²) in [4.78, 5) is 47.5. The highest BCUT2D eigenvalue weighted by atomic mass is 16.2. The summed E-state index contributed by atoms with van der Waals surface area (Å²) in [6.07, 6.45) is 6.89. The lowest BCUT2D eigenvalue weighted by molar-refractivity contribution is -0.114. The van der Waals surface area contributed by atoms with E-state index in [4.69, 9.17) is 6.42 Å². The molecule has 3 aromatic rings. The molecule has 4 N–H and O–H groups in total. The number of aromatic amines is 3. The number of anilines is 1. The third-order valence-electron chi connectivity index (χ3n) is 5.37. The first-order valence-electron chi connectivity index (χ1n) is 9.36. The summed E-state index contributed by atoms with van der Waals surface area (Å²) < 4.78 is 0. The number of carbonyl (C=O) groups excluding carboxylic acids is 1. The van der Waals surface area contributed by atoms with Crippen LogP contribution in [0.5, 0.6) is 0 Å². The molecule has 0 aliphatic carbocycles. The molecule has 8 nitrogen and oxygen atoms in total. The first-order chi connectivity index (χ1) is 13.8. The number of aromatic nitrogens is 4. The van der Waals surface area contributed by atoms with Crippen LogP contribution in [0.25, 0.3) is 11.2 Å². The number of fused-ring (bicyclic) bond motifs is 1. The maximum absolute atomic E-state index is 12.2. The number of carbonyl (C=O) groups is 1. The Kier molecular flexibility index (Phi) is 5.41. The molecule has 1 amide bonds. The lowest BCUT2D eigenvalue weighted by atomic mass is 9.67. The molecule has 3 rings (SSSR count). The van der Waals surface area contributed by atoms with Gasteiger partial charge in [-0.3, -0.25) is 19.6 Å². The molecule has 0 spiro atoms. The van der Waals surface area contributed by atoms with E-state index in [9.17, 15) is 14.4 Å². The first kappa shape index (κ1) is 20.1. The lowest BCUT2D eigenvalue weighted by Crippen LogP contribution is -2.36. The van der Waals surface area contributed by atoms with Gasteiger partial charge in [-0.25, -0.2) is 9.78 Å². The molecule has 0 saturated heterocycles.